The molecule has 0 saturated heterocycles. The fourth-order valence-corrected chi connectivity index (χ4v) is 1.01. The number of hydrogen-bond acceptors (Lipinski definition) is 5. The Morgan fingerprint density at radius 3 is 2.38 bits per heavy atom. The van der Waals surface area contributed by atoms with E-state index < -0.39 is 0 Å². The Morgan fingerprint density at radius 2 is 1.81 bits per heavy atom. The fourth-order valence-electron chi connectivity index (χ4n) is 1.01. The summed E-state index contributed by atoms with van der Waals surface area (Å²) in [6.45, 7) is 5.40. The van der Waals surface area contributed by atoms with Crippen LogP contribution in [0.4, 0.5) is 0 Å². The van der Waals surface area contributed by atoms with E-state index in [-0.39, 0.29) is 12.3 Å². The molecule has 0 amide bonds. The van der Waals surface area contributed by atoms with Crippen molar-refractivity contribution in [1.82, 2.24) is 0 Å². The van der Waals surface area contributed by atoms with Gasteiger partial charge in [-0.1, -0.05) is 13.8 Å². The van der Waals surface area contributed by atoms with Crippen molar-refractivity contribution >= 4 is 5.97 Å². The second-order valence-corrected chi connectivity index (χ2v) is 3.13. The molecule has 0 aromatic heterocycles. The summed E-state index contributed by atoms with van der Waals surface area (Å²) in [6.07, 6.45) is 1.04. The van der Waals surface area contributed by atoms with E-state index in [9.17, 15) is 4.79 Å². The van der Waals surface area contributed by atoms with Crippen molar-refractivity contribution in [3.63, 3.8) is 0 Å². The first-order valence-corrected chi connectivity index (χ1v) is 5.62. The van der Waals surface area contributed by atoms with Crippen LogP contribution in [-0.2, 0) is 23.7 Å². The molecule has 0 bridgehead atoms. The average Bonchev–Trinajstić information content (AvgIpc) is 2.32. The quantitative estimate of drug-likeness (QED) is 0.324. The molecule has 1 atom stereocenters. The van der Waals surface area contributed by atoms with Crippen LogP contribution < -0.4 is 0 Å². The van der Waals surface area contributed by atoms with Gasteiger partial charge < -0.3 is 18.9 Å². The summed E-state index contributed by atoms with van der Waals surface area (Å²) in [5.74, 6) is -0.203. The number of esters is 1. The van der Waals surface area contributed by atoms with Gasteiger partial charge in [-0.2, -0.15) is 0 Å². The minimum absolute atomic E-state index is 0.165. The normalized spacial score (nSPS) is 12.4. The van der Waals surface area contributed by atoms with Crippen LogP contribution in [0, 0.1) is 0 Å². The molecule has 0 aliphatic rings. The van der Waals surface area contributed by atoms with E-state index in [4.69, 9.17) is 18.9 Å². The molecule has 5 nitrogen and oxygen atoms in total. The van der Waals surface area contributed by atoms with E-state index in [1.807, 2.05) is 6.92 Å². The van der Waals surface area contributed by atoms with Gasteiger partial charge in [0.2, 0.25) is 0 Å². The van der Waals surface area contributed by atoms with Crippen molar-refractivity contribution in [2.45, 2.75) is 33.0 Å². The first-order valence-electron chi connectivity index (χ1n) is 5.62. The summed E-state index contributed by atoms with van der Waals surface area (Å²) in [6, 6.07) is 0. The Hall–Kier alpha value is -0.650. The fraction of sp³-hybridized carbons (Fsp3) is 0.909. The predicted octanol–water partition coefficient (Wildman–Crippen LogP) is 1.36. The summed E-state index contributed by atoms with van der Waals surface area (Å²) in [4.78, 5) is 10.7. The molecule has 0 aromatic carbocycles. The van der Waals surface area contributed by atoms with Crippen LogP contribution in [-0.4, -0.2) is 45.8 Å². The summed E-state index contributed by atoms with van der Waals surface area (Å²) >= 11 is 0. The second-order valence-electron chi connectivity index (χ2n) is 3.13. The largest absolute Gasteiger partial charge is 0.463 e. The molecule has 0 spiro atoms. The molecule has 0 rings (SSSR count). The maximum Gasteiger partial charge on any atom is 0.305 e. The lowest BCUT2D eigenvalue weighted by Crippen LogP contribution is -2.18. The molecule has 0 aliphatic heterocycles. The third-order valence-corrected chi connectivity index (χ3v) is 1.91. The van der Waals surface area contributed by atoms with Crippen molar-refractivity contribution in [2.75, 3.05) is 33.5 Å². The molecular weight excluding hydrogens is 212 g/mol. The SMILES string of the molecule is CCC(=O)OCCOCCOC(CC)OC. The minimum atomic E-state index is -0.203. The molecule has 0 heterocycles. The zero-order chi connectivity index (χ0) is 12.2. The smallest absolute Gasteiger partial charge is 0.305 e. The lowest BCUT2D eigenvalue weighted by molar-refractivity contribution is -0.147. The average molecular weight is 234 g/mol. The summed E-state index contributed by atoms with van der Waals surface area (Å²) in [5, 5.41) is 0. The minimum Gasteiger partial charge on any atom is -0.463 e. The van der Waals surface area contributed by atoms with E-state index >= 15 is 0 Å². The topological polar surface area (TPSA) is 54.0 Å². The van der Waals surface area contributed by atoms with Crippen LogP contribution in [0.3, 0.4) is 0 Å². The summed E-state index contributed by atoms with van der Waals surface area (Å²) in [7, 11) is 1.61. The number of methoxy groups -OCH3 is 1. The molecule has 16 heavy (non-hydrogen) atoms. The van der Waals surface area contributed by atoms with Crippen LogP contribution in [0.1, 0.15) is 26.7 Å². The van der Waals surface area contributed by atoms with Crippen molar-refractivity contribution in [2.24, 2.45) is 0 Å². The lowest BCUT2D eigenvalue weighted by atomic mass is 10.5. The van der Waals surface area contributed by atoms with Gasteiger partial charge in [0.15, 0.2) is 6.29 Å². The van der Waals surface area contributed by atoms with Crippen LogP contribution in [0.15, 0.2) is 0 Å². The molecular formula is C11H22O5. The molecule has 0 N–H and O–H groups in total. The third-order valence-electron chi connectivity index (χ3n) is 1.91. The first-order chi connectivity index (χ1) is 7.74. The van der Waals surface area contributed by atoms with Crippen LogP contribution in [0.25, 0.3) is 0 Å². The molecule has 0 radical (unpaired) electrons. The Balaban J connectivity index is 3.18. The second kappa shape index (κ2) is 10.9. The van der Waals surface area contributed by atoms with Gasteiger partial charge in [-0.25, -0.2) is 0 Å². The Kier molecular flexibility index (Phi) is 10.4. The highest BCUT2D eigenvalue weighted by molar-refractivity contribution is 5.68. The van der Waals surface area contributed by atoms with E-state index in [1.54, 1.807) is 14.0 Å². The van der Waals surface area contributed by atoms with E-state index in [0.29, 0.717) is 32.8 Å². The summed E-state index contributed by atoms with van der Waals surface area (Å²) < 4.78 is 20.4. The molecule has 0 aliphatic carbocycles. The monoisotopic (exact) mass is 234 g/mol. The van der Waals surface area contributed by atoms with Crippen LogP contribution in [0.5, 0.6) is 0 Å². The number of rotatable bonds is 10. The van der Waals surface area contributed by atoms with E-state index in [2.05, 4.69) is 0 Å². The van der Waals surface area contributed by atoms with Gasteiger partial charge in [0.1, 0.15) is 6.61 Å². The summed E-state index contributed by atoms with van der Waals surface area (Å²) in [5.41, 5.74) is 0. The van der Waals surface area contributed by atoms with Gasteiger partial charge in [-0.15, -0.1) is 0 Å². The zero-order valence-corrected chi connectivity index (χ0v) is 10.4. The highest BCUT2D eigenvalue weighted by Crippen LogP contribution is 1.97. The number of ether oxygens (including phenoxy) is 4. The van der Waals surface area contributed by atoms with E-state index in [1.165, 1.54) is 0 Å². The van der Waals surface area contributed by atoms with Gasteiger partial charge in [0.05, 0.1) is 19.8 Å². The molecule has 0 saturated carbocycles. The Morgan fingerprint density at radius 1 is 1.12 bits per heavy atom. The number of carbonyl (C=O) groups excluding carboxylic acids is 1. The highest BCUT2D eigenvalue weighted by Gasteiger charge is 2.02. The maximum atomic E-state index is 10.7. The standard InChI is InChI=1S/C11H22O5/c1-4-10(12)15-8-6-14-7-9-16-11(5-2)13-3/h11H,4-9H2,1-3H3. The van der Waals surface area contributed by atoms with Gasteiger partial charge in [0, 0.05) is 13.5 Å². The molecule has 1 unspecified atom stereocenters. The molecule has 0 fully saturated rings. The first kappa shape index (κ1) is 15.3. The Bertz CT molecular complexity index is 168. The zero-order valence-electron chi connectivity index (χ0n) is 10.4. The van der Waals surface area contributed by atoms with Gasteiger partial charge in [-0.05, 0) is 6.42 Å². The van der Waals surface area contributed by atoms with Gasteiger partial charge in [-0.3, -0.25) is 4.79 Å². The maximum absolute atomic E-state index is 10.7. The van der Waals surface area contributed by atoms with Gasteiger partial charge in [0.25, 0.3) is 0 Å². The predicted molar refractivity (Wildman–Crippen MR) is 59.1 cm³/mol. The number of carbonyl (C=O) groups is 1. The van der Waals surface area contributed by atoms with Crippen LogP contribution in [0.2, 0.25) is 0 Å². The lowest BCUT2D eigenvalue weighted by Gasteiger charge is -2.13. The molecule has 0 aromatic rings. The van der Waals surface area contributed by atoms with E-state index in [0.717, 1.165) is 6.42 Å². The van der Waals surface area contributed by atoms with Gasteiger partial charge >= 0.3 is 5.97 Å². The molecule has 96 valence electrons. The van der Waals surface area contributed by atoms with Crippen molar-refractivity contribution in [1.29, 1.82) is 0 Å². The van der Waals surface area contributed by atoms with Crippen molar-refractivity contribution in [3.05, 3.63) is 0 Å². The van der Waals surface area contributed by atoms with Crippen molar-refractivity contribution < 1.29 is 23.7 Å². The van der Waals surface area contributed by atoms with Crippen molar-refractivity contribution in [3.8, 4) is 0 Å². The number of hydrogen-bond donors (Lipinski definition) is 0. The van der Waals surface area contributed by atoms with Crippen LogP contribution >= 0.6 is 0 Å². The highest BCUT2D eigenvalue weighted by atomic mass is 16.7. The Labute approximate surface area is 97.0 Å². The third kappa shape index (κ3) is 8.64. The molecule has 5 heteroatoms.